The van der Waals surface area contributed by atoms with Crippen molar-refractivity contribution in [1.29, 1.82) is 0 Å². The summed E-state index contributed by atoms with van der Waals surface area (Å²) in [6, 6.07) is 0. The van der Waals surface area contributed by atoms with Crippen LogP contribution in [0.1, 0.15) is 313 Å². The van der Waals surface area contributed by atoms with Crippen LogP contribution in [0, 0.1) is 0 Å². The summed E-state index contributed by atoms with van der Waals surface area (Å²) < 4.78 is 5.85. The fraction of sp³-hybridized carbons (Fsp3) is 0.806. The first kappa shape index (κ1) is 63.5. The molecule has 0 heterocycles. The van der Waals surface area contributed by atoms with E-state index in [-0.39, 0.29) is 0 Å². The van der Waals surface area contributed by atoms with Gasteiger partial charge in [-0.2, -0.15) is 0 Å². The molecule has 0 aliphatic heterocycles. The van der Waals surface area contributed by atoms with E-state index in [1.807, 2.05) is 0 Å². The van der Waals surface area contributed by atoms with Crippen LogP contribution < -0.4 is 0 Å². The molecule has 0 aromatic carbocycles. The molecule has 1 heteroatoms. The zero-order valence-electron chi connectivity index (χ0n) is 45.2. The van der Waals surface area contributed by atoms with Crippen molar-refractivity contribution >= 4 is 0 Å². The van der Waals surface area contributed by atoms with Gasteiger partial charge in [0.2, 0.25) is 0 Å². The van der Waals surface area contributed by atoms with Gasteiger partial charge in [0.05, 0.1) is 0 Å². The fourth-order valence-electron chi connectivity index (χ4n) is 8.24. The fourth-order valence-corrected chi connectivity index (χ4v) is 8.24. The molecule has 0 saturated heterocycles. The summed E-state index contributed by atoms with van der Waals surface area (Å²) in [6.07, 6.45) is 66.3. The molecular formula is C62H116O. The van der Waals surface area contributed by atoms with E-state index in [1.165, 1.54) is 277 Å². The first-order chi connectivity index (χ1) is 30.6. The van der Waals surface area contributed by atoms with E-state index in [0.717, 1.165) is 13.2 Å². The average molecular weight is 878 g/mol. The second-order valence-corrected chi connectivity index (χ2v) is 20.3. The maximum Gasteiger partial charge on any atom is 0.0466 e. The Balaban J connectivity index is 0. The van der Waals surface area contributed by atoms with Gasteiger partial charge in [-0.3, -0.25) is 0 Å². The summed E-state index contributed by atoms with van der Waals surface area (Å²) in [5, 5.41) is 0. The maximum atomic E-state index is 5.85. The Morgan fingerprint density at radius 1 is 0.254 bits per heavy atom. The predicted molar refractivity (Wildman–Crippen MR) is 292 cm³/mol. The second kappa shape index (κ2) is 53.0. The van der Waals surface area contributed by atoms with Crippen molar-refractivity contribution in [2.75, 3.05) is 13.2 Å². The van der Waals surface area contributed by atoms with Crippen molar-refractivity contribution in [3.63, 3.8) is 0 Å². The van der Waals surface area contributed by atoms with Crippen LogP contribution in [0.4, 0.5) is 0 Å². The van der Waals surface area contributed by atoms with Crippen LogP contribution in [0.5, 0.6) is 0 Å². The third kappa shape index (κ3) is 58.4. The van der Waals surface area contributed by atoms with Gasteiger partial charge in [0.25, 0.3) is 0 Å². The molecule has 1 nitrogen and oxygen atoms in total. The van der Waals surface area contributed by atoms with Crippen molar-refractivity contribution in [2.24, 2.45) is 0 Å². The van der Waals surface area contributed by atoms with Gasteiger partial charge in [-0.25, -0.2) is 0 Å². The summed E-state index contributed by atoms with van der Waals surface area (Å²) in [4.78, 5) is 0. The number of hydrogen-bond acceptors (Lipinski definition) is 1. The largest absolute Gasteiger partial charge is 0.381 e. The molecule has 0 amide bonds. The van der Waals surface area contributed by atoms with E-state index in [9.17, 15) is 0 Å². The highest BCUT2D eigenvalue weighted by molar-refractivity contribution is 5.08. The van der Waals surface area contributed by atoms with E-state index in [2.05, 4.69) is 106 Å². The Labute approximate surface area is 399 Å². The maximum absolute atomic E-state index is 5.85. The Morgan fingerprint density at radius 2 is 0.460 bits per heavy atom. The zero-order valence-corrected chi connectivity index (χ0v) is 45.2. The van der Waals surface area contributed by atoms with Crippen LogP contribution in [0.25, 0.3) is 0 Å². The summed E-state index contributed by atoms with van der Waals surface area (Å²) in [5.74, 6) is 0. The van der Waals surface area contributed by atoms with Crippen LogP contribution in [0.3, 0.4) is 0 Å². The van der Waals surface area contributed by atoms with E-state index < -0.39 is 0 Å². The quantitative estimate of drug-likeness (QED) is 0.0437. The average Bonchev–Trinajstić information content (AvgIpc) is 3.24. The minimum Gasteiger partial charge on any atom is -0.381 e. The molecule has 0 aliphatic carbocycles. The topological polar surface area (TPSA) is 9.23 Å². The first-order valence-electron chi connectivity index (χ1n) is 28.1. The normalized spacial score (nSPS) is 12.4. The summed E-state index contributed by atoms with van der Waals surface area (Å²) in [7, 11) is 0. The number of unbranched alkanes of at least 4 members (excludes halogenated alkanes) is 27. The Hall–Kier alpha value is -1.60. The molecule has 0 radical (unpaired) electrons. The molecule has 0 rings (SSSR count). The van der Waals surface area contributed by atoms with E-state index in [1.54, 1.807) is 0 Å². The molecule has 0 unspecified atom stereocenters. The van der Waals surface area contributed by atoms with Crippen LogP contribution in [-0.2, 0) is 4.74 Å². The van der Waals surface area contributed by atoms with E-state index in [0.29, 0.717) is 0 Å². The molecule has 0 saturated carbocycles. The molecule has 0 bridgehead atoms. The van der Waals surface area contributed by atoms with Gasteiger partial charge >= 0.3 is 0 Å². The van der Waals surface area contributed by atoms with Gasteiger partial charge in [-0.1, -0.05) is 251 Å². The van der Waals surface area contributed by atoms with Crippen LogP contribution in [-0.4, -0.2) is 13.2 Å². The Bertz CT molecular complexity index is 1030. The summed E-state index contributed by atoms with van der Waals surface area (Å²) >= 11 is 0. The lowest BCUT2D eigenvalue weighted by Crippen LogP contribution is -1.97. The number of hydrogen-bond donors (Lipinski definition) is 0. The van der Waals surface area contributed by atoms with Crippen molar-refractivity contribution in [2.45, 2.75) is 313 Å². The summed E-state index contributed by atoms with van der Waals surface area (Å²) in [6.45, 7) is 24.4. The minimum absolute atomic E-state index is 0.997. The van der Waals surface area contributed by atoms with Crippen LogP contribution >= 0.6 is 0 Å². The molecule has 0 fully saturated rings. The van der Waals surface area contributed by atoms with Crippen molar-refractivity contribution < 1.29 is 4.74 Å². The third-order valence-electron chi connectivity index (χ3n) is 12.7. The van der Waals surface area contributed by atoms with Gasteiger partial charge in [0.1, 0.15) is 0 Å². The van der Waals surface area contributed by atoms with Gasteiger partial charge in [-0.15, -0.1) is 0 Å². The highest BCUT2D eigenvalue weighted by atomic mass is 16.5. The van der Waals surface area contributed by atoms with E-state index in [4.69, 9.17) is 4.74 Å². The standard InChI is InChI=1S/C32H66O.C30H50/c1-3-5-7-9-11-13-15-17-19-21-23-25-27-29-31-33-32-30-28-26-24-22-20-18-16-14-12-10-8-6-4-2;1-25(2)15-11-19-29(7)23-13-21-27(5)17-9-10-18-28(6)22-14-24-30(8)20-12-16-26(3)4/h3-32H2,1-2H3;15-18,23-24H,9-14,19-22H2,1-8H3/b;27-17+,28-18+,29-23+,30-24+. The lowest BCUT2D eigenvalue weighted by molar-refractivity contribution is 0.125. The van der Waals surface area contributed by atoms with E-state index >= 15 is 0 Å². The molecule has 63 heavy (non-hydrogen) atoms. The first-order valence-corrected chi connectivity index (χ1v) is 28.1. The predicted octanol–water partition coefficient (Wildman–Crippen LogP) is 22.6. The second-order valence-electron chi connectivity index (χ2n) is 20.3. The lowest BCUT2D eigenvalue weighted by atomic mass is 10.0. The molecule has 0 aliphatic rings. The monoisotopic (exact) mass is 877 g/mol. The molecular weight excluding hydrogens is 761 g/mol. The Kier molecular flexibility index (Phi) is 53.4. The Morgan fingerprint density at radius 3 is 0.698 bits per heavy atom. The van der Waals surface area contributed by atoms with Gasteiger partial charge in [0.15, 0.2) is 0 Å². The van der Waals surface area contributed by atoms with Gasteiger partial charge in [0, 0.05) is 13.2 Å². The van der Waals surface area contributed by atoms with Crippen molar-refractivity contribution in [3.8, 4) is 0 Å². The molecule has 0 aromatic heterocycles. The van der Waals surface area contributed by atoms with Crippen LogP contribution in [0.15, 0.2) is 69.9 Å². The lowest BCUT2D eigenvalue weighted by Gasteiger charge is -2.05. The molecule has 0 spiro atoms. The van der Waals surface area contributed by atoms with Gasteiger partial charge < -0.3 is 4.74 Å². The van der Waals surface area contributed by atoms with Crippen molar-refractivity contribution in [1.82, 2.24) is 0 Å². The summed E-state index contributed by atoms with van der Waals surface area (Å²) in [5.41, 5.74) is 8.97. The highest BCUT2D eigenvalue weighted by Gasteiger charge is 1.98. The van der Waals surface area contributed by atoms with Gasteiger partial charge in [-0.05, 0) is 132 Å². The number of allylic oxidation sites excluding steroid dienone is 12. The highest BCUT2D eigenvalue weighted by Crippen LogP contribution is 2.17. The molecule has 0 atom stereocenters. The minimum atomic E-state index is 0.997. The molecule has 0 aromatic rings. The van der Waals surface area contributed by atoms with Crippen molar-refractivity contribution in [3.05, 3.63) is 69.9 Å². The smallest absolute Gasteiger partial charge is 0.0466 e. The number of ether oxygens (including phenoxy) is 1. The molecule has 0 N–H and O–H groups in total. The third-order valence-corrected chi connectivity index (χ3v) is 12.7. The number of rotatable bonds is 45. The zero-order chi connectivity index (χ0) is 46.7. The molecule has 370 valence electrons. The van der Waals surface area contributed by atoms with Crippen LogP contribution in [0.2, 0.25) is 0 Å². The SMILES string of the molecule is CC(C)=CCC/C(C)=C/CC/C(C)=C/CC/C=C(\C)CC/C=C(\C)CCC=C(C)C.CCCCCCCCCCCCCCCCOCCCCCCCCCCCCCCCC.